The van der Waals surface area contributed by atoms with Crippen LogP contribution in [0.3, 0.4) is 0 Å². The van der Waals surface area contributed by atoms with E-state index in [1.54, 1.807) is 7.11 Å². The van der Waals surface area contributed by atoms with Crippen LogP contribution in [-0.4, -0.2) is 31.8 Å². The minimum atomic E-state index is -0.714. The standard InChI is InChI=1S/C15H22N2O3/c1-11-4-5-12(13(10-11)20-9-8-19-2)17-14(18)15(16)6-3-7-15/h4-5,10H,3,6-9,16H2,1-2H3,(H,17,18). The molecule has 3 N–H and O–H groups in total. The summed E-state index contributed by atoms with van der Waals surface area (Å²) in [6.45, 7) is 2.92. The van der Waals surface area contributed by atoms with Crippen LogP contribution in [0.25, 0.3) is 0 Å². The highest BCUT2D eigenvalue weighted by molar-refractivity contribution is 5.99. The van der Waals surface area contributed by atoms with Crippen molar-refractivity contribution in [2.24, 2.45) is 5.73 Å². The zero-order valence-electron chi connectivity index (χ0n) is 12.1. The molecule has 1 amide bonds. The highest BCUT2D eigenvalue weighted by atomic mass is 16.5. The van der Waals surface area contributed by atoms with E-state index in [1.807, 2.05) is 25.1 Å². The predicted molar refractivity (Wildman–Crippen MR) is 77.9 cm³/mol. The summed E-state index contributed by atoms with van der Waals surface area (Å²) >= 11 is 0. The Morgan fingerprint density at radius 3 is 2.75 bits per heavy atom. The molecule has 0 bridgehead atoms. The van der Waals surface area contributed by atoms with Crippen LogP contribution in [0.4, 0.5) is 5.69 Å². The Morgan fingerprint density at radius 1 is 1.40 bits per heavy atom. The van der Waals surface area contributed by atoms with E-state index in [0.717, 1.165) is 24.8 Å². The number of benzene rings is 1. The molecule has 0 spiro atoms. The summed E-state index contributed by atoms with van der Waals surface area (Å²) in [5.74, 6) is 0.516. The first-order valence-electron chi connectivity index (χ1n) is 6.88. The second kappa shape index (κ2) is 6.24. The molecular formula is C15H22N2O3. The van der Waals surface area contributed by atoms with Gasteiger partial charge in [0.1, 0.15) is 12.4 Å². The summed E-state index contributed by atoms with van der Waals surface area (Å²) in [7, 11) is 1.62. The van der Waals surface area contributed by atoms with Crippen LogP contribution in [0, 0.1) is 6.92 Å². The van der Waals surface area contributed by atoms with Gasteiger partial charge in [-0.3, -0.25) is 4.79 Å². The Hall–Kier alpha value is -1.59. The number of rotatable bonds is 6. The maximum absolute atomic E-state index is 12.2. The lowest BCUT2D eigenvalue weighted by Crippen LogP contribution is -2.56. The number of nitrogens with two attached hydrogens (primary N) is 1. The molecule has 0 aliphatic heterocycles. The molecule has 5 heteroatoms. The van der Waals surface area contributed by atoms with Crippen molar-refractivity contribution in [1.29, 1.82) is 0 Å². The Bertz CT molecular complexity index is 484. The Balaban J connectivity index is 2.07. The molecule has 0 heterocycles. The number of hydrogen-bond acceptors (Lipinski definition) is 4. The van der Waals surface area contributed by atoms with Crippen molar-refractivity contribution in [1.82, 2.24) is 0 Å². The van der Waals surface area contributed by atoms with Crippen molar-refractivity contribution >= 4 is 11.6 Å². The molecule has 0 unspecified atom stereocenters. The maximum Gasteiger partial charge on any atom is 0.244 e. The van der Waals surface area contributed by atoms with Gasteiger partial charge in [0.25, 0.3) is 0 Å². The van der Waals surface area contributed by atoms with Gasteiger partial charge in [-0.15, -0.1) is 0 Å². The third kappa shape index (κ3) is 3.29. The summed E-state index contributed by atoms with van der Waals surface area (Å²) in [5.41, 5.74) is 7.04. The van der Waals surface area contributed by atoms with Crippen LogP contribution in [0.1, 0.15) is 24.8 Å². The van der Waals surface area contributed by atoms with Crippen molar-refractivity contribution in [3.05, 3.63) is 23.8 Å². The van der Waals surface area contributed by atoms with Crippen LogP contribution in [0.5, 0.6) is 5.75 Å². The van der Waals surface area contributed by atoms with E-state index in [4.69, 9.17) is 15.2 Å². The molecule has 1 fully saturated rings. The van der Waals surface area contributed by atoms with E-state index in [9.17, 15) is 4.79 Å². The van der Waals surface area contributed by atoms with E-state index >= 15 is 0 Å². The SMILES string of the molecule is COCCOc1cc(C)ccc1NC(=O)C1(N)CCC1. The summed E-state index contributed by atoms with van der Waals surface area (Å²) in [6, 6.07) is 5.68. The van der Waals surface area contributed by atoms with Gasteiger partial charge in [0, 0.05) is 7.11 Å². The van der Waals surface area contributed by atoms with Crippen molar-refractivity contribution in [3.8, 4) is 5.75 Å². The lowest BCUT2D eigenvalue weighted by atomic mass is 9.77. The number of methoxy groups -OCH3 is 1. The minimum Gasteiger partial charge on any atom is -0.489 e. The van der Waals surface area contributed by atoms with Crippen molar-refractivity contribution in [2.45, 2.75) is 31.7 Å². The normalized spacial score (nSPS) is 16.4. The molecule has 0 saturated heterocycles. The van der Waals surface area contributed by atoms with Crippen molar-refractivity contribution in [2.75, 3.05) is 25.6 Å². The number of carbonyl (C=O) groups is 1. The summed E-state index contributed by atoms with van der Waals surface area (Å²) < 4.78 is 10.6. The van der Waals surface area contributed by atoms with E-state index in [0.29, 0.717) is 24.7 Å². The molecule has 5 nitrogen and oxygen atoms in total. The molecular weight excluding hydrogens is 256 g/mol. The quantitative estimate of drug-likeness (QED) is 0.779. The molecule has 1 saturated carbocycles. The highest BCUT2D eigenvalue weighted by Crippen LogP contribution is 2.32. The molecule has 0 radical (unpaired) electrons. The number of amides is 1. The minimum absolute atomic E-state index is 0.135. The number of anilines is 1. The van der Waals surface area contributed by atoms with Crippen molar-refractivity contribution in [3.63, 3.8) is 0 Å². The summed E-state index contributed by atoms with van der Waals surface area (Å²) in [4.78, 5) is 12.2. The Labute approximate surface area is 119 Å². The average Bonchev–Trinajstić information content (AvgIpc) is 2.39. The molecule has 2 rings (SSSR count). The first-order valence-corrected chi connectivity index (χ1v) is 6.88. The first kappa shape index (κ1) is 14.8. The van der Waals surface area contributed by atoms with Gasteiger partial charge in [0.15, 0.2) is 0 Å². The van der Waals surface area contributed by atoms with Gasteiger partial charge in [-0.05, 0) is 43.9 Å². The van der Waals surface area contributed by atoms with Crippen molar-refractivity contribution < 1.29 is 14.3 Å². The third-order valence-corrected chi connectivity index (χ3v) is 3.63. The van der Waals surface area contributed by atoms with Crippen LogP contribution < -0.4 is 15.8 Å². The second-order valence-corrected chi connectivity index (χ2v) is 5.30. The van der Waals surface area contributed by atoms with Gasteiger partial charge in [0.05, 0.1) is 17.8 Å². The lowest BCUT2D eigenvalue weighted by molar-refractivity contribution is -0.123. The zero-order valence-corrected chi connectivity index (χ0v) is 12.1. The van der Waals surface area contributed by atoms with Gasteiger partial charge in [-0.2, -0.15) is 0 Å². The monoisotopic (exact) mass is 278 g/mol. The smallest absolute Gasteiger partial charge is 0.244 e. The molecule has 1 aliphatic carbocycles. The van der Waals surface area contributed by atoms with Gasteiger partial charge < -0.3 is 20.5 Å². The Kier molecular flexibility index (Phi) is 4.62. The number of ether oxygens (including phenoxy) is 2. The summed E-state index contributed by atoms with van der Waals surface area (Å²) in [5, 5.41) is 2.88. The second-order valence-electron chi connectivity index (χ2n) is 5.30. The fourth-order valence-corrected chi connectivity index (χ4v) is 2.12. The van der Waals surface area contributed by atoms with Crippen LogP contribution >= 0.6 is 0 Å². The van der Waals surface area contributed by atoms with Crippen LogP contribution in [0.2, 0.25) is 0 Å². The molecule has 20 heavy (non-hydrogen) atoms. The number of aryl methyl sites for hydroxylation is 1. The zero-order chi connectivity index (χ0) is 14.6. The topological polar surface area (TPSA) is 73.6 Å². The molecule has 1 aliphatic rings. The molecule has 0 aromatic heterocycles. The summed E-state index contributed by atoms with van der Waals surface area (Å²) in [6.07, 6.45) is 2.49. The van der Waals surface area contributed by atoms with E-state index < -0.39 is 5.54 Å². The average molecular weight is 278 g/mol. The first-order chi connectivity index (χ1) is 9.55. The van der Waals surface area contributed by atoms with Gasteiger partial charge in [-0.1, -0.05) is 6.07 Å². The largest absolute Gasteiger partial charge is 0.489 e. The number of hydrogen-bond donors (Lipinski definition) is 2. The highest BCUT2D eigenvalue weighted by Gasteiger charge is 2.40. The molecule has 110 valence electrons. The predicted octanol–water partition coefficient (Wildman–Crippen LogP) is 1.84. The van der Waals surface area contributed by atoms with E-state index in [-0.39, 0.29) is 5.91 Å². The molecule has 1 aromatic carbocycles. The molecule has 1 aromatic rings. The molecule has 0 atom stereocenters. The maximum atomic E-state index is 12.2. The Morgan fingerprint density at radius 2 is 2.15 bits per heavy atom. The number of nitrogens with one attached hydrogen (secondary N) is 1. The van der Waals surface area contributed by atoms with Crippen LogP contribution in [-0.2, 0) is 9.53 Å². The fourth-order valence-electron chi connectivity index (χ4n) is 2.12. The third-order valence-electron chi connectivity index (χ3n) is 3.63. The van der Waals surface area contributed by atoms with Gasteiger partial charge >= 0.3 is 0 Å². The fraction of sp³-hybridized carbons (Fsp3) is 0.533. The number of carbonyl (C=O) groups excluding carboxylic acids is 1. The van der Waals surface area contributed by atoms with Crippen LogP contribution in [0.15, 0.2) is 18.2 Å². The van der Waals surface area contributed by atoms with Gasteiger partial charge in [-0.25, -0.2) is 0 Å². The lowest BCUT2D eigenvalue weighted by Gasteiger charge is -2.36. The van der Waals surface area contributed by atoms with E-state index in [1.165, 1.54) is 0 Å². The van der Waals surface area contributed by atoms with Gasteiger partial charge in [0.2, 0.25) is 5.91 Å². The van der Waals surface area contributed by atoms with E-state index in [2.05, 4.69) is 5.32 Å².